The quantitative estimate of drug-likeness (QED) is 0.132. The summed E-state index contributed by atoms with van der Waals surface area (Å²) in [4.78, 5) is 0. The molecule has 3 heteroatoms. The molecular formula is C36H52CrFe2. The molecule has 0 aromatic heterocycles. The van der Waals surface area contributed by atoms with Gasteiger partial charge in [0.15, 0.2) is 0 Å². The van der Waals surface area contributed by atoms with Crippen molar-refractivity contribution in [1.82, 2.24) is 0 Å². The van der Waals surface area contributed by atoms with Gasteiger partial charge in [-0.15, -0.1) is 0 Å². The second kappa shape index (κ2) is 18.4. The van der Waals surface area contributed by atoms with Gasteiger partial charge < -0.3 is 0 Å². The van der Waals surface area contributed by atoms with Crippen LogP contribution in [0, 0.1) is 111 Å². The van der Waals surface area contributed by atoms with Crippen LogP contribution in [0.2, 0.25) is 0 Å². The summed E-state index contributed by atoms with van der Waals surface area (Å²) in [5, 5.41) is 0. The zero-order valence-corrected chi connectivity index (χ0v) is 30.9. The molecule has 0 heterocycles. The number of aryl methyl sites for hydroxylation is 8. The average Bonchev–Trinajstić information content (AvgIpc) is 3.37. The van der Waals surface area contributed by atoms with E-state index in [2.05, 4.69) is 135 Å². The first kappa shape index (κ1) is 42.4. The van der Waals surface area contributed by atoms with E-state index in [0.717, 1.165) is 0 Å². The molecule has 39 heavy (non-hydrogen) atoms. The maximum Gasteiger partial charge on any atom is 2.00 e. The third-order valence-corrected chi connectivity index (χ3v) is 8.71. The van der Waals surface area contributed by atoms with Crippen molar-refractivity contribution in [2.75, 3.05) is 0 Å². The fourth-order valence-corrected chi connectivity index (χ4v) is 4.53. The molecule has 0 aliphatic carbocycles. The molecule has 0 saturated carbocycles. The molecule has 0 aliphatic rings. The Morgan fingerprint density at radius 2 is 0.308 bits per heavy atom. The van der Waals surface area contributed by atoms with Gasteiger partial charge in [-0.2, -0.15) is 113 Å². The second-order valence-corrected chi connectivity index (χ2v) is 11.0. The summed E-state index contributed by atoms with van der Waals surface area (Å²) in [6.45, 7) is 34.7. The van der Waals surface area contributed by atoms with Crippen LogP contribution in [0.1, 0.15) is 89.0 Å². The van der Waals surface area contributed by atoms with E-state index in [-0.39, 0.29) is 51.5 Å². The topological polar surface area (TPSA) is 0 Å². The fraction of sp³-hybridized carbons (Fsp3) is 0.444. The SMILES string of the molecule is Cc1[cH-]c(C)c(C)c1C.Cc1[cH-]c(C)c(C)c1C.Cc1[cH-]c(C)c(C)c1C.Cc1[cH-]c(C)c(C)c1C.[Cr].[Fe+2].[Fe+2]. The Hall–Kier alpha value is -1.03. The molecule has 0 radical (unpaired) electrons. The van der Waals surface area contributed by atoms with Crippen LogP contribution < -0.4 is 0 Å². The van der Waals surface area contributed by atoms with Crippen molar-refractivity contribution in [2.45, 2.75) is 111 Å². The van der Waals surface area contributed by atoms with Crippen LogP contribution >= 0.6 is 0 Å². The van der Waals surface area contributed by atoms with E-state index in [4.69, 9.17) is 0 Å². The Balaban J connectivity index is -0.000000432. The predicted molar refractivity (Wildman–Crippen MR) is 164 cm³/mol. The summed E-state index contributed by atoms with van der Waals surface area (Å²) in [5.74, 6) is 0. The summed E-state index contributed by atoms with van der Waals surface area (Å²) in [6.07, 6.45) is 0. The number of rotatable bonds is 0. The van der Waals surface area contributed by atoms with Crippen LogP contribution in [0.15, 0.2) is 24.3 Å². The number of hydrogen-bond acceptors (Lipinski definition) is 0. The summed E-state index contributed by atoms with van der Waals surface area (Å²) >= 11 is 0. The van der Waals surface area contributed by atoms with E-state index in [1.165, 1.54) is 89.0 Å². The molecule has 0 spiro atoms. The van der Waals surface area contributed by atoms with E-state index in [0.29, 0.717) is 0 Å². The van der Waals surface area contributed by atoms with Gasteiger partial charge in [0.05, 0.1) is 0 Å². The van der Waals surface area contributed by atoms with E-state index in [1.54, 1.807) is 0 Å². The molecule has 0 saturated heterocycles. The summed E-state index contributed by atoms with van der Waals surface area (Å²) in [7, 11) is 0. The maximum atomic E-state index is 2.24. The molecule has 4 aromatic rings. The zero-order valence-electron chi connectivity index (χ0n) is 27.4. The molecule has 4 rings (SSSR count). The standard InChI is InChI=1S/4C9H13.Cr.2Fe/c4*1-6-5-7(2)9(4)8(6)3;;;/h4*5H,1-4H3;;;/q4*-1;;2*+2. The largest absolute Gasteiger partial charge is 2.00 e. The molecular weight excluding hydrogens is 596 g/mol. The van der Waals surface area contributed by atoms with Crippen molar-refractivity contribution in [3.63, 3.8) is 0 Å². The van der Waals surface area contributed by atoms with Crippen molar-refractivity contribution in [3.05, 3.63) is 113 Å². The third-order valence-electron chi connectivity index (χ3n) is 8.71. The van der Waals surface area contributed by atoms with Crippen LogP contribution in [0.25, 0.3) is 0 Å². The average molecular weight is 648 g/mol. The monoisotopic (exact) mass is 648 g/mol. The van der Waals surface area contributed by atoms with Gasteiger partial charge in [-0.25, -0.2) is 0 Å². The first-order valence-corrected chi connectivity index (χ1v) is 13.3. The van der Waals surface area contributed by atoms with Crippen LogP contribution in [-0.4, -0.2) is 0 Å². The molecule has 218 valence electrons. The van der Waals surface area contributed by atoms with Crippen LogP contribution in [0.5, 0.6) is 0 Å². The zero-order chi connectivity index (χ0) is 28.1. The van der Waals surface area contributed by atoms with Crippen molar-refractivity contribution < 1.29 is 51.5 Å². The Morgan fingerprint density at radius 3 is 0.333 bits per heavy atom. The van der Waals surface area contributed by atoms with Crippen LogP contribution in [-0.2, 0) is 51.5 Å². The van der Waals surface area contributed by atoms with E-state index in [9.17, 15) is 0 Å². The minimum atomic E-state index is 0. The van der Waals surface area contributed by atoms with Gasteiger partial charge in [0, 0.05) is 17.4 Å². The predicted octanol–water partition coefficient (Wildman–Crippen LogP) is 10.5. The third kappa shape index (κ3) is 11.4. The normalized spacial score (nSPS) is 9.44. The van der Waals surface area contributed by atoms with Gasteiger partial charge in [-0.3, -0.25) is 0 Å². The Kier molecular flexibility index (Phi) is 20.0. The van der Waals surface area contributed by atoms with Gasteiger partial charge in [-0.05, 0) is 0 Å². The van der Waals surface area contributed by atoms with Gasteiger partial charge in [0.2, 0.25) is 0 Å². The van der Waals surface area contributed by atoms with E-state index < -0.39 is 0 Å². The van der Waals surface area contributed by atoms with Crippen molar-refractivity contribution in [3.8, 4) is 0 Å². The van der Waals surface area contributed by atoms with E-state index in [1.807, 2.05) is 0 Å². The Morgan fingerprint density at radius 1 is 0.231 bits per heavy atom. The Bertz CT molecular complexity index is 994. The smallest absolute Gasteiger partial charge is 0.196 e. The van der Waals surface area contributed by atoms with Gasteiger partial charge in [0.1, 0.15) is 0 Å². The van der Waals surface area contributed by atoms with Gasteiger partial charge in [0.25, 0.3) is 0 Å². The molecule has 0 bridgehead atoms. The summed E-state index contributed by atoms with van der Waals surface area (Å²) in [6, 6.07) is 8.96. The first-order valence-electron chi connectivity index (χ1n) is 13.3. The van der Waals surface area contributed by atoms with Gasteiger partial charge >= 0.3 is 34.1 Å². The summed E-state index contributed by atoms with van der Waals surface area (Å²) in [5.41, 5.74) is 23.0. The molecule has 0 nitrogen and oxygen atoms in total. The second-order valence-electron chi connectivity index (χ2n) is 11.0. The van der Waals surface area contributed by atoms with Crippen molar-refractivity contribution >= 4 is 0 Å². The minimum Gasteiger partial charge on any atom is -0.196 e. The molecule has 0 aliphatic heterocycles. The minimum absolute atomic E-state index is 0. The number of hydrogen-bond donors (Lipinski definition) is 0. The summed E-state index contributed by atoms with van der Waals surface area (Å²) < 4.78 is 0. The molecule has 0 fully saturated rings. The molecule has 0 unspecified atom stereocenters. The first-order chi connectivity index (χ1) is 16.5. The van der Waals surface area contributed by atoms with Crippen LogP contribution in [0.4, 0.5) is 0 Å². The van der Waals surface area contributed by atoms with E-state index >= 15 is 0 Å². The van der Waals surface area contributed by atoms with Crippen molar-refractivity contribution in [1.29, 1.82) is 0 Å². The molecule has 0 N–H and O–H groups in total. The maximum absolute atomic E-state index is 2.24. The molecule has 0 atom stereocenters. The van der Waals surface area contributed by atoms with Gasteiger partial charge in [-0.1, -0.05) is 111 Å². The Labute approximate surface area is 273 Å². The van der Waals surface area contributed by atoms with Crippen molar-refractivity contribution in [2.24, 2.45) is 0 Å². The molecule has 0 amide bonds. The van der Waals surface area contributed by atoms with Crippen LogP contribution in [0.3, 0.4) is 0 Å². The molecule has 4 aromatic carbocycles. The fourth-order valence-electron chi connectivity index (χ4n) is 4.53.